The summed E-state index contributed by atoms with van der Waals surface area (Å²) in [5.74, 6) is 0. The minimum atomic E-state index is 0.712. The zero-order valence-corrected chi connectivity index (χ0v) is 9.51. The van der Waals surface area contributed by atoms with E-state index in [0.29, 0.717) is 6.54 Å². The zero-order valence-electron chi connectivity index (χ0n) is 9.51. The van der Waals surface area contributed by atoms with Crippen LogP contribution in [0.4, 0.5) is 0 Å². The maximum atomic E-state index is 4.41. The lowest BCUT2D eigenvalue weighted by Crippen LogP contribution is -2.14. The van der Waals surface area contributed by atoms with E-state index in [2.05, 4.69) is 20.6 Å². The number of pyridine rings is 1. The second kappa shape index (κ2) is 4.85. The summed E-state index contributed by atoms with van der Waals surface area (Å²) in [6, 6.07) is 6.02. The third-order valence-corrected chi connectivity index (χ3v) is 2.21. The number of rotatable bonds is 4. The average Bonchev–Trinajstić information content (AvgIpc) is 2.64. The molecular weight excluding hydrogens is 202 g/mol. The van der Waals surface area contributed by atoms with Crippen LogP contribution < -0.4 is 5.32 Å². The summed E-state index contributed by atoms with van der Waals surface area (Å²) >= 11 is 0. The smallest absolute Gasteiger partial charge is 0.0964 e. The fourth-order valence-electron chi connectivity index (χ4n) is 1.49. The van der Waals surface area contributed by atoms with Crippen LogP contribution in [0.1, 0.15) is 17.1 Å². The highest BCUT2D eigenvalue weighted by Gasteiger charge is 1.98. The molecule has 16 heavy (non-hydrogen) atoms. The Balaban J connectivity index is 1.84. The molecule has 0 unspecified atom stereocenters. The molecule has 0 saturated heterocycles. The highest BCUT2D eigenvalue weighted by molar-refractivity contribution is 5.09. The topological polar surface area (TPSA) is 55.6 Å². The summed E-state index contributed by atoms with van der Waals surface area (Å²) in [4.78, 5) is 4.41. The molecule has 0 aromatic carbocycles. The maximum Gasteiger partial charge on any atom is 0.0964 e. The standard InChI is InChI=1S/C11H15N5/c1-9-4-3-5-10(13-9)6-12-7-11-8-16(2)15-14-11/h3-5,8,12H,6-7H2,1-2H3. The first-order chi connectivity index (χ1) is 7.74. The van der Waals surface area contributed by atoms with Gasteiger partial charge in [-0.15, -0.1) is 5.10 Å². The third kappa shape index (κ3) is 2.87. The molecule has 0 spiro atoms. The monoisotopic (exact) mass is 217 g/mol. The van der Waals surface area contributed by atoms with Crippen LogP contribution in [0.25, 0.3) is 0 Å². The third-order valence-electron chi connectivity index (χ3n) is 2.21. The maximum absolute atomic E-state index is 4.41. The van der Waals surface area contributed by atoms with Gasteiger partial charge in [0.1, 0.15) is 0 Å². The number of hydrogen-bond donors (Lipinski definition) is 1. The highest BCUT2D eigenvalue weighted by atomic mass is 15.4. The van der Waals surface area contributed by atoms with Gasteiger partial charge in [0, 0.05) is 32.0 Å². The van der Waals surface area contributed by atoms with E-state index in [1.54, 1.807) is 4.68 Å². The summed E-state index contributed by atoms with van der Waals surface area (Å²) in [7, 11) is 1.86. The minimum Gasteiger partial charge on any atom is -0.305 e. The van der Waals surface area contributed by atoms with E-state index >= 15 is 0 Å². The van der Waals surface area contributed by atoms with Crippen molar-refractivity contribution < 1.29 is 0 Å². The van der Waals surface area contributed by atoms with Gasteiger partial charge in [0.15, 0.2) is 0 Å². The molecule has 0 amide bonds. The largest absolute Gasteiger partial charge is 0.305 e. The van der Waals surface area contributed by atoms with Gasteiger partial charge in [0.05, 0.1) is 11.4 Å². The van der Waals surface area contributed by atoms with Crippen LogP contribution in [-0.4, -0.2) is 20.0 Å². The summed E-state index contributed by atoms with van der Waals surface area (Å²) < 4.78 is 1.70. The van der Waals surface area contributed by atoms with Crippen LogP contribution in [0.3, 0.4) is 0 Å². The Kier molecular flexibility index (Phi) is 3.26. The van der Waals surface area contributed by atoms with Crippen LogP contribution in [0, 0.1) is 6.92 Å². The van der Waals surface area contributed by atoms with Crippen molar-refractivity contribution in [3.63, 3.8) is 0 Å². The van der Waals surface area contributed by atoms with Crippen molar-refractivity contribution in [1.82, 2.24) is 25.3 Å². The summed E-state index contributed by atoms with van der Waals surface area (Å²) in [5, 5.41) is 11.1. The first-order valence-electron chi connectivity index (χ1n) is 5.22. The Morgan fingerprint density at radius 1 is 1.25 bits per heavy atom. The molecule has 0 aliphatic carbocycles. The summed E-state index contributed by atoms with van der Waals surface area (Å²) in [6.07, 6.45) is 1.90. The molecule has 2 heterocycles. The Morgan fingerprint density at radius 2 is 2.06 bits per heavy atom. The molecule has 5 heteroatoms. The van der Waals surface area contributed by atoms with Gasteiger partial charge in [-0.1, -0.05) is 11.3 Å². The summed E-state index contributed by atoms with van der Waals surface area (Å²) in [6.45, 7) is 3.45. The van der Waals surface area contributed by atoms with E-state index in [1.165, 1.54) is 0 Å². The minimum absolute atomic E-state index is 0.712. The Morgan fingerprint density at radius 3 is 2.75 bits per heavy atom. The van der Waals surface area contributed by atoms with Gasteiger partial charge < -0.3 is 5.32 Å². The van der Waals surface area contributed by atoms with Crippen molar-refractivity contribution in [3.05, 3.63) is 41.5 Å². The van der Waals surface area contributed by atoms with Crippen LogP contribution in [0.15, 0.2) is 24.4 Å². The lowest BCUT2D eigenvalue weighted by Gasteiger charge is -2.02. The number of aryl methyl sites for hydroxylation is 2. The van der Waals surface area contributed by atoms with Crippen molar-refractivity contribution in [1.29, 1.82) is 0 Å². The number of hydrogen-bond acceptors (Lipinski definition) is 4. The number of aromatic nitrogens is 4. The van der Waals surface area contributed by atoms with Gasteiger partial charge in [-0.25, -0.2) is 0 Å². The van der Waals surface area contributed by atoms with Crippen LogP contribution >= 0.6 is 0 Å². The van der Waals surface area contributed by atoms with Crippen molar-refractivity contribution in [3.8, 4) is 0 Å². The summed E-state index contributed by atoms with van der Waals surface area (Å²) in [5.41, 5.74) is 3.03. The molecular formula is C11H15N5. The van der Waals surface area contributed by atoms with Gasteiger partial charge in [0.2, 0.25) is 0 Å². The molecule has 0 saturated carbocycles. The van der Waals surface area contributed by atoms with Crippen molar-refractivity contribution in [2.24, 2.45) is 7.05 Å². The molecule has 0 radical (unpaired) electrons. The van der Waals surface area contributed by atoms with Crippen molar-refractivity contribution >= 4 is 0 Å². The lowest BCUT2D eigenvalue weighted by atomic mass is 10.3. The fourth-order valence-corrected chi connectivity index (χ4v) is 1.49. The molecule has 0 atom stereocenters. The zero-order chi connectivity index (χ0) is 11.4. The lowest BCUT2D eigenvalue weighted by molar-refractivity contribution is 0.662. The Labute approximate surface area is 94.5 Å². The molecule has 0 aliphatic heterocycles. The SMILES string of the molecule is Cc1cccc(CNCc2cn(C)nn2)n1. The average molecular weight is 217 g/mol. The predicted octanol–water partition coefficient (Wildman–Crippen LogP) is 0.808. The molecule has 0 fully saturated rings. The first kappa shape index (κ1) is 10.8. The van der Waals surface area contributed by atoms with Crippen LogP contribution in [-0.2, 0) is 20.1 Å². The van der Waals surface area contributed by atoms with Crippen molar-refractivity contribution in [2.75, 3.05) is 0 Å². The van der Waals surface area contributed by atoms with Gasteiger partial charge in [-0.05, 0) is 19.1 Å². The highest BCUT2D eigenvalue weighted by Crippen LogP contribution is 1.98. The molecule has 84 valence electrons. The first-order valence-corrected chi connectivity index (χ1v) is 5.22. The molecule has 2 aromatic rings. The molecule has 0 bridgehead atoms. The fraction of sp³-hybridized carbons (Fsp3) is 0.364. The number of nitrogens with zero attached hydrogens (tertiary/aromatic N) is 4. The van der Waals surface area contributed by atoms with E-state index in [-0.39, 0.29) is 0 Å². The van der Waals surface area contributed by atoms with E-state index < -0.39 is 0 Å². The molecule has 2 rings (SSSR count). The normalized spacial score (nSPS) is 10.6. The van der Waals surface area contributed by atoms with Gasteiger partial charge >= 0.3 is 0 Å². The Bertz CT molecular complexity index is 463. The Hall–Kier alpha value is -1.75. The predicted molar refractivity (Wildman–Crippen MR) is 60.5 cm³/mol. The van der Waals surface area contributed by atoms with Gasteiger partial charge in [-0.3, -0.25) is 9.67 Å². The molecule has 5 nitrogen and oxygen atoms in total. The van der Waals surface area contributed by atoms with Crippen molar-refractivity contribution in [2.45, 2.75) is 20.0 Å². The number of nitrogens with one attached hydrogen (secondary N) is 1. The van der Waals surface area contributed by atoms with E-state index in [1.807, 2.05) is 38.4 Å². The van der Waals surface area contributed by atoms with Gasteiger partial charge in [0.25, 0.3) is 0 Å². The van der Waals surface area contributed by atoms with Gasteiger partial charge in [-0.2, -0.15) is 0 Å². The van der Waals surface area contributed by atoms with Crippen LogP contribution in [0.5, 0.6) is 0 Å². The van der Waals surface area contributed by atoms with Crippen LogP contribution in [0.2, 0.25) is 0 Å². The second-order valence-corrected chi connectivity index (χ2v) is 3.76. The molecule has 1 N–H and O–H groups in total. The van der Waals surface area contributed by atoms with E-state index in [0.717, 1.165) is 23.6 Å². The van der Waals surface area contributed by atoms with E-state index in [4.69, 9.17) is 0 Å². The quantitative estimate of drug-likeness (QED) is 0.823. The van der Waals surface area contributed by atoms with E-state index in [9.17, 15) is 0 Å². The molecule has 0 aliphatic rings. The second-order valence-electron chi connectivity index (χ2n) is 3.76. The molecule has 2 aromatic heterocycles.